The van der Waals surface area contributed by atoms with Gasteiger partial charge in [0.15, 0.2) is 0 Å². The number of benzene rings is 1. The van der Waals surface area contributed by atoms with E-state index in [0.29, 0.717) is 6.61 Å². The zero-order valence-electron chi connectivity index (χ0n) is 19.5. The molecule has 0 aromatic heterocycles. The maximum atomic E-state index is 7.50. The van der Waals surface area contributed by atoms with E-state index in [1.54, 1.807) is 0 Å². The molecule has 0 heterocycles. The van der Waals surface area contributed by atoms with Gasteiger partial charge in [-0.2, -0.15) is 0 Å². The summed E-state index contributed by atoms with van der Waals surface area (Å²) >= 11 is 3.06. The fourth-order valence-electron chi connectivity index (χ4n) is 2.91. The summed E-state index contributed by atoms with van der Waals surface area (Å²) < 4.78 is 44.0. The normalized spacial score (nSPS) is 9.62. The van der Waals surface area contributed by atoms with Crippen LogP contribution in [-0.4, -0.2) is 21.5 Å². The SMILES string of the molecule is CCO[C](=[Cr])C=C(c1ccccc1)P(C(C)(C)C)C(C)(C)C.[C-]#[O+].[C-]#[O+].[C-]#[O+].[C-]#[O+].[C-]#[O+]. The molecule has 172 valence electrons. The van der Waals surface area contributed by atoms with E-state index in [4.69, 9.17) is 28.0 Å². The van der Waals surface area contributed by atoms with Gasteiger partial charge in [0.05, 0.1) is 0 Å². The van der Waals surface area contributed by atoms with Gasteiger partial charge in [-0.25, -0.2) is 0 Å². The van der Waals surface area contributed by atoms with Crippen LogP contribution < -0.4 is 0 Å². The van der Waals surface area contributed by atoms with Crippen molar-refractivity contribution < 1.29 is 43.8 Å². The zero-order valence-corrected chi connectivity index (χ0v) is 21.6. The zero-order chi connectivity index (χ0) is 27.0. The van der Waals surface area contributed by atoms with Crippen molar-refractivity contribution in [1.82, 2.24) is 0 Å². The molecule has 0 aliphatic rings. The quantitative estimate of drug-likeness (QED) is 0.294. The van der Waals surface area contributed by atoms with Crippen LogP contribution in [0, 0.1) is 33.3 Å². The first-order valence-corrected chi connectivity index (χ1v) is 10.8. The summed E-state index contributed by atoms with van der Waals surface area (Å²) in [6.45, 7) is 39.3. The van der Waals surface area contributed by atoms with Crippen molar-refractivity contribution in [2.24, 2.45) is 0 Å². The molecular weight excluding hydrogens is 467 g/mol. The molecule has 0 saturated heterocycles. The van der Waals surface area contributed by atoms with Crippen molar-refractivity contribution in [1.29, 1.82) is 0 Å². The Labute approximate surface area is 202 Å². The minimum atomic E-state index is -0.385. The van der Waals surface area contributed by atoms with Gasteiger partial charge in [-0.3, -0.25) is 0 Å². The fraction of sp³-hybridized carbons (Fsp3) is 0.417. The van der Waals surface area contributed by atoms with Gasteiger partial charge >= 0.3 is 202 Å². The summed E-state index contributed by atoms with van der Waals surface area (Å²) in [4.78, 5) is 0. The van der Waals surface area contributed by atoms with Gasteiger partial charge in [0.1, 0.15) is 0 Å². The number of hydrogen-bond acceptors (Lipinski definition) is 1. The standard InChI is InChI=1S/C19H29OP.5CO.Cr/c1-8-20-15-14-17(16-12-10-9-11-13-16)21(18(2,3)4)19(5,6)7;5*1-2;/h9-14H,8H2,1-7H3;;;;;;. The van der Waals surface area contributed by atoms with Crippen LogP contribution >= 0.6 is 7.92 Å². The van der Waals surface area contributed by atoms with Crippen LogP contribution in [0.25, 0.3) is 5.31 Å². The van der Waals surface area contributed by atoms with E-state index in [0.717, 1.165) is 4.57 Å². The average molecular weight is 496 g/mol. The van der Waals surface area contributed by atoms with Crippen LogP contribution in [0.15, 0.2) is 36.4 Å². The summed E-state index contributed by atoms with van der Waals surface area (Å²) in [7, 11) is -0.385. The Morgan fingerprint density at radius 3 is 1.44 bits per heavy atom. The molecule has 0 aliphatic heterocycles. The Hall–Kier alpha value is -1.55. The van der Waals surface area contributed by atoms with Gasteiger partial charge in [-0.05, 0) is 0 Å². The molecule has 0 atom stereocenters. The third kappa shape index (κ3) is 19.2. The molecule has 1 rings (SSSR count). The van der Waals surface area contributed by atoms with E-state index >= 15 is 0 Å². The number of rotatable bonds is 5. The predicted octanol–water partition coefficient (Wildman–Crippen LogP) is 5.63. The molecule has 32 heavy (non-hydrogen) atoms. The van der Waals surface area contributed by atoms with Crippen LogP contribution in [0.1, 0.15) is 54.0 Å². The molecule has 6 nitrogen and oxygen atoms in total. The fourth-order valence-corrected chi connectivity index (χ4v) is 7.53. The summed E-state index contributed by atoms with van der Waals surface area (Å²) in [5.41, 5.74) is 1.30. The van der Waals surface area contributed by atoms with E-state index in [2.05, 4.69) is 127 Å². The van der Waals surface area contributed by atoms with Gasteiger partial charge < -0.3 is 0 Å². The number of ether oxygens (including phenoxy) is 1. The van der Waals surface area contributed by atoms with Crippen molar-refractivity contribution in [3.8, 4) is 0 Å². The summed E-state index contributed by atoms with van der Waals surface area (Å²) in [5.74, 6) is 0. The number of hydrogen-bond donors (Lipinski definition) is 0. The van der Waals surface area contributed by atoms with Gasteiger partial charge in [0, 0.05) is 0 Å². The first-order valence-electron chi connectivity index (χ1n) is 8.83. The Balaban J connectivity index is -0.000000213. The van der Waals surface area contributed by atoms with Crippen LogP contribution in [0.5, 0.6) is 0 Å². The summed E-state index contributed by atoms with van der Waals surface area (Å²) in [6.07, 6.45) is 2.21. The van der Waals surface area contributed by atoms with Gasteiger partial charge in [-0.15, -0.1) is 0 Å². The van der Waals surface area contributed by atoms with Gasteiger partial charge in [0.25, 0.3) is 0 Å². The second kappa shape index (κ2) is 25.7. The molecule has 0 aliphatic carbocycles. The average Bonchev–Trinajstić information content (AvgIpc) is 2.79. The van der Waals surface area contributed by atoms with Crippen molar-refractivity contribution in [2.75, 3.05) is 6.61 Å². The van der Waals surface area contributed by atoms with Crippen LogP contribution in [0.3, 0.4) is 0 Å². The van der Waals surface area contributed by atoms with Crippen molar-refractivity contribution in [3.05, 3.63) is 75.2 Å². The first kappa shape index (κ1) is 40.8. The first-order chi connectivity index (χ1) is 15.1. The second-order valence-corrected chi connectivity index (χ2v) is 11.8. The Kier molecular flexibility index (Phi) is 32.8. The third-order valence-electron chi connectivity index (χ3n) is 3.19. The van der Waals surface area contributed by atoms with E-state index < -0.39 is 0 Å². The van der Waals surface area contributed by atoms with Gasteiger partial charge in [0.2, 0.25) is 0 Å². The van der Waals surface area contributed by atoms with E-state index in [1.807, 2.05) is 6.92 Å². The van der Waals surface area contributed by atoms with E-state index in [1.165, 1.54) is 10.9 Å². The molecule has 0 spiro atoms. The van der Waals surface area contributed by atoms with E-state index in [-0.39, 0.29) is 18.2 Å². The molecule has 0 bridgehead atoms. The monoisotopic (exact) mass is 496 g/mol. The van der Waals surface area contributed by atoms with Crippen LogP contribution in [-0.2, 0) is 43.8 Å². The van der Waals surface area contributed by atoms with Crippen molar-refractivity contribution in [3.63, 3.8) is 0 Å². The molecule has 0 amide bonds. The van der Waals surface area contributed by atoms with E-state index in [9.17, 15) is 0 Å². The molecule has 8 heteroatoms. The molecule has 1 aromatic rings. The van der Waals surface area contributed by atoms with Crippen LogP contribution in [0.4, 0.5) is 0 Å². The molecule has 0 radical (unpaired) electrons. The molecule has 1 aromatic carbocycles. The summed E-state index contributed by atoms with van der Waals surface area (Å²) in [6, 6.07) is 10.7. The van der Waals surface area contributed by atoms with Crippen molar-refractivity contribution in [2.45, 2.75) is 58.8 Å². The van der Waals surface area contributed by atoms with Crippen molar-refractivity contribution >= 4 is 17.8 Å². The molecule has 0 saturated carbocycles. The Bertz CT molecular complexity index is 683. The minimum absolute atomic E-state index is 0.224. The Morgan fingerprint density at radius 2 is 1.16 bits per heavy atom. The van der Waals surface area contributed by atoms with Gasteiger partial charge in [-0.1, -0.05) is 0 Å². The Morgan fingerprint density at radius 1 is 0.812 bits per heavy atom. The molecular formula is C24H29CrO6P. The second-order valence-electron chi connectivity index (χ2n) is 7.32. The molecule has 0 fully saturated rings. The topological polar surface area (TPSA) is 109 Å². The third-order valence-corrected chi connectivity index (χ3v) is 7.11. The maximum absolute atomic E-state index is 7.50. The van der Waals surface area contributed by atoms with Crippen LogP contribution in [0.2, 0.25) is 0 Å². The molecule has 0 N–H and O–H groups in total. The summed E-state index contributed by atoms with van der Waals surface area (Å²) in [5, 5.41) is 1.85. The molecule has 0 unspecified atom stereocenters. The predicted molar refractivity (Wildman–Crippen MR) is 117 cm³/mol.